The number of hydrogen-bond acceptors (Lipinski definition) is 1. The first-order valence-electron chi connectivity index (χ1n) is 22.5. The zero-order chi connectivity index (χ0) is 42.9. The highest BCUT2D eigenvalue weighted by molar-refractivity contribution is 6.12. The Kier molecular flexibility index (Phi) is 8.47. The number of fused-ring (bicyclic) bond motifs is 9. The summed E-state index contributed by atoms with van der Waals surface area (Å²) in [5.74, 6) is 0. The molecular formula is C63H42N2. The van der Waals surface area contributed by atoms with E-state index in [1.165, 1.54) is 87.9 Å². The van der Waals surface area contributed by atoms with Gasteiger partial charge in [-0.15, -0.1) is 0 Å². The van der Waals surface area contributed by atoms with Gasteiger partial charge in [0.05, 0.1) is 16.4 Å². The summed E-state index contributed by atoms with van der Waals surface area (Å²) < 4.78 is 2.39. The Balaban J connectivity index is 0.989. The van der Waals surface area contributed by atoms with Crippen molar-refractivity contribution in [2.45, 2.75) is 5.41 Å². The largest absolute Gasteiger partial charge is 0.310 e. The predicted molar refractivity (Wildman–Crippen MR) is 273 cm³/mol. The Morgan fingerprint density at radius 3 is 1.52 bits per heavy atom. The maximum Gasteiger partial charge on any atom is 0.0713 e. The summed E-state index contributed by atoms with van der Waals surface area (Å²) >= 11 is 0. The molecule has 13 rings (SSSR count). The van der Waals surface area contributed by atoms with Gasteiger partial charge < -0.3 is 9.47 Å². The van der Waals surface area contributed by atoms with Crippen LogP contribution in [0.2, 0.25) is 0 Å². The van der Waals surface area contributed by atoms with Crippen LogP contribution in [0.15, 0.2) is 255 Å². The van der Waals surface area contributed by atoms with Gasteiger partial charge in [0.15, 0.2) is 0 Å². The SMILES string of the molecule is c1ccc(C2(c3ccccc3)c3ccccc3-c3cc(N(c4ccc(-c5cccc6c5ccc5ccccc56)cc4)c4ccc(-n5c6ccccc6c6ccccc65)cc4)ccc32)cc1. The van der Waals surface area contributed by atoms with Crippen LogP contribution in [0, 0.1) is 0 Å². The van der Waals surface area contributed by atoms with Crippen molar-refractivity contribution in [3.8, 4) is 27.9 Å². The lowest BCUT2D eigenvalue weighted by molar-refractivity contribution is 0.768. The van der Waals surface area contributed by atoms with Crippen molar-refractivity contribution < 1.29 is 0 Å². The zero-order valence-electron chi connectivity index (χ0n) is 35.6. The minimum absolute atomic E-state index is 0.465. The Bertz CT molecular complexity index is 3660. The predicted octanol–water partition coefficient (Wildman–Crippen LogP) is 16.6. The second-order valence-corrected chi connectivity index (χ2v) is 17.2. The highest BCUT2D eigenvalue weighted by Crippen LogP contribution is 2.57. The summed E-state index contributed by atoms with van der Waals surface area (Å²) in [6.07, 6.45) is 0. The van der Waals surface area contributed by atoms with Crippen molar-refractivity contribution in [2.24, 2.45) is 0 Å². The lowest BCUT2D eigenvalue weighted by Crippen LogP contribution is -2.28. The van der Waals surface area contributed by atoms with Gasteiger partial charge in [0.2, 0.25) is 0 Å². The normalized spacial score (nSPS) is 12.7. The molecule has 1 heterocycles. The van der Waals surface area contributed by atoms with Crippen LogP contribution in [0.1, 0.15) is 22.3 Å². The van der Waals surface area contributed by atoms with Gasteiger partial charge in [-0.25, -0.2) is 0 Å². The third-order valence-electron chi connectivity index (χ3n) is 13.9. The summed E-state index contributed by atoms with van der Waals surface area (Å²) in [6, 6.07) is 93.8. The third kappa shape index (κ3) is 5.67. The van der Waals surface area contributed by atoms with Crippen molar-refractivity contribution in [1.29, 1.82) is 0 Å². The molecule has 0 spiro atoms. The van der Waals surface area contributed by atoms with Crippen LogP contribution in [0.5, 0.6) is 0 Å². The van der Waals surface area contributed by atoms with E-state index in [1.54, 1.807) is 0 Å². The minimum Gasteiger partial charge on any atom is -0.310 e. The molecule has 0 unspecified atom stereocenters. The molecule has 12 aromatic rings. The molecule has 1 aromatic heterocycles. The summed E-state index contributed by atoms with van der Waals surface area (Å²) in [4.78, 5) is 2.42. The van der Waals surface area contributed by atoms with Gasteiger partial charge in [-0.05, 0) is 127 Å². The zero-order valence-corrected chi connectivity index (χ0v) is 35.6. The maximum atomic E-state index is 2.42. The first-order chi connectivity index (χ1) is 32.3. The second-order valence-electron chi connectivity index (χ2n) is 17.2. The third-order valence-corrected chi connectivity index (χ3v) is 13.9. The van der Waals surface area contributed by atoms with Crippen LogP contribution in [-0.4, -0.2) is 4.57 Å². The molecule has 2 nitrogen and oxygen atoms in total. The van der Waals surface area contributed by atoms with Gasteiger partial charge in [0, 0.05) is 33.5 Å². The molecule has 0 radical (unpaired) electrons. The first kappa shape index (κ1) is 37.1. The molecule has 11 aromatic carbocycles. The number of benzene rings is 11. The minimum atomic E-state index is -0.465. The average Bonchev–Trinajstić information content (AvgIpc) is 3.88. The Morgan fingerprint density at radius 2 is 0.831 bits per heavy atom. The van der Waals surface area contributed by atoms with Crippen LogP contribution in [-0.2, 0) is 5.41 Å². The summed E-state index contributed by atoms with van der Waals surface area (Å²) in [6.45, 7) is 0. The molecule has 304 valence electrons. The average molecular weight is 827 g/mol. The fourth-order valence-electron chi connectivity index (χ4n) is 11.1. The smallest absolute Gasteiger partial charge is 0.0713 e. The highest BCUT2D eigenvalue weighted by atomic mass is 15.1. The van der Waals surface area contributed by atoms with E-state index in [2.05, 4.69) is 264 Å². The molecule has 0 atom stereocenters. The lowest BCUT2D eigenvalue weighted by atomic mass is 9.68. The first-order valence-corrected chi connectivity index (χ1v) is 22.5. The molecule has 0 saturated heterocycles. The molecule has 0 saturated carbocycles. The van der Waals surface area contributed by atoms with E-state index in [0.717, 1.165) is 22.7 Å². The van der Waals surface area contributed by atoms with E-state index in [-0.39, 0.29) is 0 Å². The van der Waals surface area contributed by atoms with E-state index >= 15 is 0 Å². The summed E-state index contributed by atoms with van der Waals surface area (Å²) in [5, 5.41) is 7.58. The molecule has 0 N–H and O–H groups in total. The Morgan fingerprint density at radius 1 is 0.308 bits per heavy atom. The van der Waals surface area contributed by atoms with Crippen molar-refractivity contribution >= 4 is 60.4 Å². The van der Waals surface area contributed by atoms with Crippen molar-refractivity contribution in [2.75, 3.05) is 4.90 Å². The van der Waals surface area contributed by atoms with Gasteiger partial charge in [0.1, 0.15) is 0 Å². The molecule has 1 aliphatic carbocycles. The standard InChI is InChI=1S/C63H42N2/c1-3-17-45(18-4-1)63(46-19-5-2-6-20-46)59-27-12-9-22-55(59)58-42-50(39-41-60(58)63)64(48-35-37-49(38-36-48)65-61-28-13-10-23-56(61)57-24-11-14-29-62(57)65)47-33-30-44(31-34-47)52-25-15-26-53-51-21-8-7-16-43(51)32-40-54(52)53/h1-42H. The molecule has 1 aliphatic rings. The van der Waals surface area contributed by atoms with Gasteiger partial charge >= 0.3 is 0 Å². The lowest BCUT2D eigenvalue weighted by Gasteiger charge is -2.34. The van der Waals surface area contributed by atoms with Crippen molar-refractivity contribution in [3.05, 3.63) is 277 Å². The maximum absolute atomic E-state index is 2.42. The number of anilines is 3. The van der Waals surface area contributed by atoms with Crippen LogP contribution in [0.25, 0.3) is 71.3 Å². The molecule has 0 aliphatic heterocycles. The van der Waals surface area contributed by atoms with Crippen molar-refractivity contribution in [1.82, 2.24) is 4.57 Å². The van der Waals surface area contributed by atoms with Crippen molar-refractivity contribution in [3.63, 3.8) is 0 Å². The van der Waals surface area contributed by atoms with E-state index in [9.17, 15) is 0 Å². The fraction of sp³-hybridized carbons (Fsp3) is 0.0159. The van der Waals surface area contributed by atoms with Gasteiger partial charge in [0.25, 0.3) is 0 Å². The van der Waals surface area contributed by atoms with Crippen LogP contribution >= 0.6 is 0 Å². The van der Waals surface area contributed by atoms with Crippen LogP contribution in [0.3, 0.4) is 0 Å². The van der Waals surface area contributed by atoms with E-state index in [1.807, 2.05) is 0 Å². The van der Waals surface area contributed by atoms with Crippen LogP contribution < -0.4 is 4.90 Å². The molecule has 0 fully saturated rings. The Labute approximate surface area is 378 Å². The quantitative estimate of drug-likeness (QED) is 0.145. The summed E-state index contributed by atoms with van der Waals surface area (Å²) in [5.41, 5.74) is 16.4. The summed E-state index contributed by atoms with van der Waals surface area (Å²) in [7, 11) is 0. The molecule has 0 amide bonds. The topological polar surface area (TPSA) is 8.17 Å². The molecular weight excluding hydrogens is 785 g/mol. The number of para-hydroxylation sites is 2. The molecule has 65 heavy (non-hydrogen) atoms. The van der Waals surface area contributed by atoms with Gasteiger partial charge in [-0.2, -0.15) is 0 Å². The second kappa shape index (κ2) is 14.8. The van der Waals surface area contributed by atoms with E-state index in [4.69, 9.17) is 0 Å². The van der Waals surface area contributed by atoms with Crippen LogP contribution in [0.4, 0.5) is 17.1 Å². The fourth-order valence-corrected chi connectivity index (χ4v) is 11.1. The molecule has 2 heteroatoms. The van der Waals surface area contributed by atoms with E-state index < -0.39 is 5.41 Å². The number of hydrogen-bond donors (Lipinski definition) is 0. The number of aromatic nitrogens is 1. The Hall–Kier alpha value is -8.46. The van der Waals surface area contributed by atoms with Gasteiger partial charge in [-0.1, -0.05) is 194 Å². The van der Waals surface area contributed by atoms with Gasteiger partial charge in [-0.3, -0.25) is 0 Å². The number of rotatable bonds is 7. The number of nitrogens with zero attached hydrogens (tertiary/aromatic N) is 2. The molecule has 0 bridgehead atoms. The monoisotopic (exact) mass is 826 g/mol. The van der Waals surface area contributed by atoms with E-state index in [0.29, 0.717) is 0 Å². The highest BCUT2D eigenvalue weighted by Gasteiger charge is 2.46.